The number of likely N-dealkylation sites (tertiary alicyclic amines) is 1. The van der Waals surface area contributed by atoms with E-state index < -0.39 is 59.1 Å². The van der Waals surface area contributed by atoms with Crippen LogP contribution in [0, 0.1) is 12.3 Å². The van der Waals surface area contributed by atoms with Gasteiger partial charge in [-0.15, -0.1) is 11.3 Å². The van der Waals surface area contributed by atoms with Crippen LogP contribution in [-0.4, -0.2) is 140 Å². The summed E-state index contributed by atoms with van der Waals surface area (Å²) in [4.78, 5) is 70.8. The maximum absolute atomic E-state index is 13.9. The Balaban J connectivity index is 1.03. The van der Waals surface area contributed by atoms with Crippen molar-refractivity contribution in [1.82, 2.24) is 25.8 Å². The number of aryl methyl sites for hydroxylation is 2. The number of β-amino-alcohol motifs (C(OH)–C–C–N with tert-alkyl or cyclic N) is 1. The number of nitrogens with zero attached hydrogens (tertiary/aromatic N) is 2. The Morgan fingerprint density at radius 2 is 1.44 bits per heavy atom. The summed E-state index contributed by atoms with van der Waals surface area (Å²) in [6.45, 7) is 17.5. The van der Waals surface area contributed by atoms with E-state index in [4.69, 9.17) is 34.2 Å². The average molecular weight is 997 g/mol. The van der Waals surface area contributed by atoms with Crippen LogP contribution in [0.25, 0.3) is 10.4 Å². The molecule has 4 rings (SSSR count). The number of carbonyl (C=O) groups is 5. The largest absolute Gasteiger partial charge is 0.444 e. The second-order valence-electron chi connectivity index (χ2n) is 19.5. The van der Waals surface area contributed by atoms with Crippen LogP contribution in [0.4, 0.5) is 4.79 Å². The molecule has 0 spiro atoms. The SMILES string of the molecule is Cc1ncsc1-c1ccc(CNC(=O)[C@@H]2C[C@@H](O)CN2C(=O)[C@@H](NC(=O)COCCOCCOCCOCCCc2ccc(CO[C@H](C)[C@H](CCC(N)=O)NC(=O)OC(C)(C)C)cc2)C(C)(C)C)cc1. The number of rotatable bonds is 29. The van der Waals surface area contributed by atoms with Gasteiger partial charge in [0, 0.05) is 32.5 Å². The zero-order valence-corrected chi connectivity index (χ0v) is 43.0. The molecule has 1 aliphatic rings. The first-order chi connectivity index (χ1) is 33.2. The van der Waals surface area contributed by atoms with Gasteiger partial charge in [0.05, 0.1) is 80.6 Å². The molecule has 5 amide bonds. The van der Waals surface area contributed by atoms with E-state index in [9.17, 15) is 29.1 Å². The number of hydrogen-bond acceptors (Lipinski definition) is 14. The molecule has 19 heteroatoms. The summed E-state index contributed by atoms with van der Waals surface area (Å²) in [7, 11) is 0. The third kappa shape index (κ3) is 20.8. The predicted octanol–water partition coefficient (Wildman–Crippen LogP) is 4.99. The third-order valence-electron chi connectivity index (χ3n) is 11.3. The Labute approximate surface area is 417 Å². The molecule has 1 aliphatic heterocycles. The number of benzene rings is 2. The number of hydrogen-bond donors (Lipinski definition) is 5. The lowest BCUT2D eigenvalue weighted by Gasteiger charge is -2.35. The first kappa shape index (κ1) is 57.6. The Kier molecular flexibility index (Phi) is 23.6. The minimum atomic E-state index is -0.967. The number of nitrogens with two attached hydrogens (primary N) is 1. The molecule has 70 heavy (non-hydrogen) atoms. The van der Waals surface area contributed by atoms with Gasteiger partial charge in [0.15, 0.2) is 0 Å². The number of carbonyl (C=O) groups excluding carboxylic acids is 5. The van der Waals surface area contributed by atoms with Gasteiger partial charge in [-0.3, -0.25) is 19.2 Å². The molecular formula is C51H76N6O12S. The van der Waals surface area contributed by atoms with Crippen molar-refractivity contribution < 1.29 is 57.5 Å². The summed E-state index contributed by atoms with van der Waals surface area (Å²) >= 11 is 1.57. The quantitative estimate of drug-likeness (QED) is 0.0577. The summed E-state index contributed by atoms with van der Waals surface area (Å²) in [5, 5.41) is 19.1. The van der Waals surface area contributed by atoms with Crippen LogP contribution in [0.1, 0.15) is 96.5 Å². The molecule has 0 radical (unpaired) electrons. The van der Waals surface area contributed by atoms with Crippen molar-refractivity contribution in [3.63, 3.8) is 0 Å². The fourth-order valence-electron chi connectivity index (χ4n) is 7.51. The predicted molar refractivity (Wildman–Crippen MR) is 266 cm³/mol. The number of alkyl carbamates (subject to hydrolysis) is 1. The molecule has 6 N–H and O–H groups in total. The monoisotopic (exact) mass is 997 g/mol. The highest BCUT2D eigenvalue weighted by molar-refractivity contribution is 7.13. The average Bonchev–Trinajstić information content (AvgIpc) is 3.92. The van der Waals surface area contributed by atoms with Crippen LogP contribution in [0.15, 0.2) is 54.0 Å². The fraction of sp³-hybridized carbons (Fsp3) is 0.608. The number of primary amides is 1. The van der Waals surface area contributed by atoms with E-state index >= 15 is 0 Å². The number of aliphatic hydroxyl groups excluding tert-OH is 1. The molecule has 3 aromatic rings. The molecule has 5 atom stereocenters. The van der Waals surface area contributed by atoms with Gasteiger partial charge in [-0.2, -0.15) is 0 Å². The van der Waals surface area contributed by atoms with Crippen LogP contribution in [0.2, 0.25) is 0 Å². The summed E-state index contributed by atoms with van der Waals surface area (Å²) < 4.78 is 33.8. The molecule has 1 saturated heterocycles. The molecule has 0 saturated carbocycles. The normalized spacial score (nSPS) is 16.3. The molecular weight excluding hydrogens is 921 g/mol. The number of aliphatic hydroxyl groups is 1. The number of amides is 5. The highest BCUT2D eigenvalue weighted by Gasteiger charge is 2.44. The van der Waals surface area contributed by atoms with Gasteiger partial charge in [-0.1, -0.05) is 69.3 Å². The Morgan fingerprint density at radius 3 is 2.03 bits per heavy atom. The molecule has 1 fully saturated rings. The molecule has 0 aliphatic carbocycles. The van der Waals surface area contributed by atoms with Crippen molar-refractivity contribution in [2.24, 2.45) is 11.1 Å². The summed E-state index contributed by atoms with van der Waals surface area (Å²) in [6, 6.07) is 13.7. The van der Waals surface area contributed by atoms with E-state index in [0.29, 0.717) is 46.1 Å². The number of aromatic nitrogens is 1. The number of thiazole rings is 1. The van der Waals surface area contributed by atoms with Crippen molar-refractivity contribution in [3.8, 4) is 10.4 Å². The Hall–Kier alpha value is -5.02. The van der Waals surface area contributed by atoms with Crippen molar-refractivity contribution in [1.29, 1.82) is 0 Å². The summed E-state index contributed by atoms with van der Waals surface area (Å²) in [6.07, 6.45) is 0.384. The van der Waals surface area contributed by atoms with Crippen molar-refractivity contribution >= 4 is 41.1 Å². The Morgan fingerprint density at radius 1 is 0.843 bits per heavy atom. The van der Waals surface area contributed by atoms with Gasteiger partial charge < -0.3 is 60.1 Å². The molecule has 0 unspecified atom stereocenters. The van der Waals surface area contributed by atoms with E-state index in [1.54, 1.807) is 32.1 Å². The molecule has 18 nitrogen and oxygen atoms in total. The Bertz CT molecular complexity index is 2090. The minimum Gasteiger partial charge on any atom is -0.444 e. The zero-order chi connectivity index (χ0) is 51.3. The topological polar surface area (TPSA) is 239 Å². The lowest BCUT2D eigenvalue weighted by Crippen LogP contribution is -2.58. The van der Waals surface area contributed by atoms with Crippen LogP contribution >= 0.6 is 11.3 Å². The smallest absolute Gasteiger partial charge is 0.407 e. The van der Waals surface area contributed by atoms with E-state index in [-0.39, 0.29) is 57.8 Å². The molecule has 0 bridgehead atoms. The van der Waals surface area contributed by atoms with Crippen molar-refractivity contribution in [3.05, 3.63) is 76.4 Å². The second kappa shape index (κ2) is 28.7. The van der Waals surface area contributed by atoms with Gasteiger partial charge in [0.25, 0.3) is 0 Å². The standard InChI is InChI=1S/C51H76N6O12S/c1-34-45(70-33-54-34)39-17-15-37(16-18-39)29-53-47(61)42-28-40(58)30-57(42)48(62)46(50(3,4)5)56-44(60)32-67-27-26-66-25-24-65-23-22-64-21-9-10-36-11-13-38(14-12-36)31-68-35(2)41(19-20-43(52)59)55-49(63)69-51(6,7)8/h11-18,33,35,40-42,46,58H,9-10,19-32H2,1-8H3,(H2,52,59)(H,53,61)(H,55,63)(H,56,60)/t35-,40-,41+,42+,46-/m1/s1. The highest BCUT2D eigenvalue weighted by atomic mass is 32.1. The van der Waals surface area contributed by atoms with Crippen LogP contribution in [0.5, 0.6) is 0 Å². The van der Waals surface area contributed by atoms with E-state index in [0.717, 1.165) is 40.1 Å². The first-order valence-electron chi connectivity index (χ1n) is 24.0. The summed E-state index contributed by atoms with van der Waals surface area (Å²) in [5.41, 5.74) is 10.8. The molecule has 1 aromatic heterocycles. The van der Waals surface area contributed by atoms with Crippen molar-refractivity contribution in [2.75, 3.05) is 59.4 Å². The zero-order valence-electron chi connectivity index (χ0n) is 42.2. The molecule has 388 valence electrons. The minimum absolute atomic E-state index is 0.0193. The maximum atomic E-state index is 13.9. The van der Waals surface area contributed by atoms with Crippen molar-refractivity contribution in [2.45, 2.75) is 137 Å². The van der Waals surface area contributed by atoms with Gasteiger partial charge >= 0.3 is 6.09 Å². The molecule has 2 aromatic carbocycles. The van der Waals surface area contributed by atoms with Gasteiger partial charge in [0.2, 0.25) is 23.6 Å². The van der Waals surface area contributed by atoms with E-state index in [2.05, 4.69) is 33.1 Å². The van der Waals surface area contributed by atoms with Gasteiger partial charge in [0.1, 0.15) is 24.3 Å². The second-order valence-corrected chi connectivity index (χ2v) is 20.4. The number of nitrogens with one attached hydrogen (secondary N) is 3. The third-order valence-corrected chi connectivity index (χ3v) is 12.3. The van der Waals surface area contributed by atoms with Gasteiger partial charge in [-0.05, 0) is 81.5 Å². The van der Waals surface area contributed by atoms with Gasteiger partial charge in [-0.25, -0.2) is 9.78 Å². The highest BCUT2D eigenvalue weighted by Crippen LogP contribution is 2.28. The van der Waals surface area contributed by atoms with E-state index in [1.165, 1.54) is 10.5 Å². The fourth-order valence-corrected chi connectivity index (χ4v) is 8.32. The number of ether oxygens (including phenoxy) is 6. The van der Waals surface area contributed by atoms with Crippen LogP contribution in [-0.2, 0) is 67.2 Å². The molecule has 2 heterocycles. The summed E-state index contributed by atoms with van der Waals surface area (Å²) in [5.74, 6) is -1.76. The van der Waals surface area contributed by atoms with Crippen LogP contribution in [0.3, 0.4) is 0 Å². The maximum Gasteiger partial charge on any atom is 0.407 e. The first-order valence-corrected chi connectivity index (χ1v) is 24.9. The van der Waals surface area contributed by atoms with E-state index in [1.807, 2.05) is 76.5 Å². The lowest BCUT2D eigenvalue weighted by molar-refractivity contribution is -0.144. The lowest BCUT2D eigenvalue weighted by atomic mass is 9.85. The van der Waals surface area contributed by atoms with Crippen LogP contribution < -0.4 is 21.7 Å².